The van der Waals surface area contributed by atoms with Crippen LogP contribution in [0, 0.1) is 5.92 Å². The van der Waals surface area contributed by atoms with Crippen LogP contribution >= 0.6 is 15.9 Å². The first kappa shape index (κ1) is 11.9. The summed E-state index contributed by atoms with van der Waals surface area (Å²) >= 11 is 3.53. The second-order valence-electron chi connectivity index (χ2n) is 5.05. The van der Waals surface area contributed by atoms with Gasteiger partial charge in [0, 0.05) is 22.9 Å². The van der Waals surface area contributed by atoms with Crippen LogP contribution in [-0.2, 0) is 0 Å². The standard InChI is InChI=1S/C14H16BrN3/c1-10-3-2-6-18(8-10)14-12-7-11(15)4-5-13(12)16-9-17-14/h4-5,7,9-10H,2-3,6,8H2,1H3/t10-/m1/s1. The van der Waals surface area contributed by atoms with Crippen molar-refractivity contribution in [3.8, 4) is 0 Å². The van der Waals surface area contributed by atoms with Crippen molar-refractivity contribution < 1.29 is 0 Å². The first-order chi connectivity index (χ1) is 8.74. The fourth-order valence-electron chi connectivity index (χ4n) is 2.65. The lowest BCUT2D eigenvalue weighted by Gasteiger charge is -2.32. The molecule has 0 bridgehead atoms. The third kappa shape index (κ3) is 2.21. The van der Waals surface area contributed by atoms with Gasteiger partial charge in [-0.05, 0) is 37.0 Å². The van der Waals surface area contributed by atoms with E-state index in [-0.39, 0.29) is 0 Å². The summed E-state index contributed by atoms with van der Waals surface area (Å²) in [5.41, 5.74) is 1.02. The maximum Gasteiger partial charge on any atom is 0.139 e. The second kappa shape index (κ2) is 4.84. The van der Waals surface area contributed by atoms with Crippen LogP contribution in [0.15, 0.2) is 29.0 Å². The predicted molar refractivity (Wildman–Crippen MR) is 77.8 cm³/mol. The number of fused-ring (bicyclic) bond motifs is 1. The van der Waals surface area contributed by atoms with Gasteiger partial charge in [0.1, 0.15) is 12.1 Å². The number of benzene rings is 1. The molecule has 1 aromatic carbocycles. The third-order valence-corrected chi connectivity index (χ3v) is 4.03. The molecule has 1 aliphatic heterocycles. The molecule has 0 aliphatic carbocycles. The summed E-state index contributed by atoms with van der Waals surface area (Å²) in [6.07, 6.45) is 4.24. The van der Waals surface area contributed by atoms with Crippen molar-refractivity contribution in [3.05, 3.63) is 29.0 Å². The van der Waals surface area contributed by atoms with Crippen LogP contribution in [0.4, 0.5) is 5.82 Å². The largest absolute Gasteiger partial charge is 0.356 e. The van der Waals surface area contributed by atoms with Crippen molar-refractivity contribution in [1.82, 2.24) is 9.97 Å². The van der Waals surface area contributed by atoms with E-state index in [2.05, 4.69) is 43.8 Å². The molecule has 3 nitrogen and oxygen atoms in total. The molecule has 1 atom stereocenters. The molecule has 0 saturated carbocycles. The zero-order chi connectivity index (χ0) is 12.5. The Morgan fingerprint density at radius 1 is 1.33 bits per heavy atom. The van der Waals surface area contributed by atoms with E-state index in [4.69, 9.17) is 0 Å². The van der Waals surface area contributed by atoms with Crippen molar-refractivity contribution in [2.24, 2.45) is 5.92 Å². The predicted octanol–water partition coefficient (Wildman–Crippen LogP) is 3.63. The fourth-order valence-corrected chi connectivity index (χ4v) is 3.01. The Kier molecular flexibility index (Phi) is 3.20. The Morgan fingerprint density at radius 3 is 3.06 bits per heavy atom. The number of hydrogen-bond donors (Lipinski definition) is 0. The van der Waals surface area contributed by atoms with Crippen molar-refractivity contribution >= 4 is 32.7 Å². The van der Waals surface area contributed by atoms with Crippen molar-refractivity contribution in [2.75, 3.05) is 18.0 Å². The Bertz CT molecular complexity index is 570. The minimum absolute atomic E-state index is 0.746. The maximum atomic E-state index is 4.50. The summed E-state index contributed by atoms with van der Waals surface area (Å²) < 4.78 is 1.08. The smallest absolute Gasteiger partial charge is 0.139 e. The average Bonchev–Trinajstić information content (AvgIpc) is 2.38. The molecule has 0 spiro atoms. The van der Waals surface area contributed by atoms with Gasteiger partial charge in [-0.3, -0.25) is 0 Å². The van der Waals surface area contributed by atoms with Gasteiger partial charge < -0.3 is 4.90 Å². The summed E-state index contributed by atoms with van der Waals surface area (Å²) in [5, 5.41) is 1.14. The zero-order valence-corrected chi connectivity index (χ0v) is 12.0. The Balaban J connectivity index is 2.07. The van der Waals surface area contributed by atoms with E-state index >= 15 is 0 Å². The topological polar surface area (TPSA) is 29.0 Å². The Hall–Kier alpha value is -1.16. The molecule has 1 aromatic heterocycles. The molecular formula is C14H16BrN3. The summed E-state index contributed by atoms with van der Waals surface area (Å²) in [4.78, 5) is 11.2. The molecule has 1 fully saturated rings. The van der Waals surface area contributed by atoms with Crippen LogP contribution in [0.3, 0.4) is 0 Å². The summed E-state index contributed by atoms with van der Waals surface area (Å²) in [7, 11) is 0. The molecule has 4 heteroatoms. The van der Waals surface area contributed by atoms with Gasteiger partial charge in [-0.25, -0.2) is 9.97 Å². The van der Waals surface area contributed by atoms with E-state index in [1.165, 1.54) is 12.8 Å². The Labute approximate surface area is 115 Å². The van der Waals surface area contributed by atoms with Gasteiger partial charge in [0.15, 0.2) is 0 Å². The number of piperidine rings is 1. The third-order valence-electron chi connectivity index (χ3n) is 3.53. The molecule has 0 N–H and O–H groups in total. The van der Waals surface area contributed by atoms with Crippen LogP contribution in [0.5, 0.6) is 0 Å². The highest BCUT2D eigenvalue weighted by Gasteiger charge is 2.19. The van der Waals surface area contributed by atoms with Gasteiger partial charge in [0.05, 0.1) is 5.52 Å². The van der Waals surface area contributed by atoms with Crippen LogP contribution in [0.1, 0.15) is 19.8 Å². The molecule has 18 heavy (non-hydrogen) atoms. The molecule has 94 valence electrons. The molecule has 0 amide bonds. The van der Waals surface area contributed by atoms with E-state index in [0.717, 1.165) is 40.2 Å². The number of rotatable bonds is 1. The van der Waals surface area contributed by atoms with Crippen molar-refractivity contribution in [1.29, 1.82) is 0 Å². The second-order valence-corrected chi connectivity index (χ2v) is 5.97. The maximum absolute atomic E-state index is 4.50. The lowest BCUT2D eigenvalue weighted by Crippen LogP contribution is -2.34. The lowest BCUT2D eigenvalue weighted by molar-refractivity contribution is 0.445. The van der Waals surface area contributed by atoms with Gasteiger partial charge in [0.2, 0.25) is 0 Å². The number of anilines is 1. The molecule has 2 aromatic rings. The molecule has 0 radical (unpaired) electrons. The fraction of sp³-hybridized carbons (Fsp3) is 0.429. The van der Waals surface area contributed by atoms with Crippen LogP contribution in [0.25, 0.3) is 10.9 Å². The summed E-state index contributed by atoms with van der Waals surface area (Å²) in [6.45, 7) is 4.51. The molecular weight excluding hydrogens is 290 g/mol. The van der Waals surface area contributed by atoms with Gasteiger partial charge >= 0.3 is 0 Å². The number of halogens is 1. The number of aromatic nitrogens is 2. The van der Waals surface area contributed by atoms with Gasteiger partial charge in [0.25, 0.3) is 0 Å². The van der Waals surface area contributed by atoms with Crippen LogP contribution in [0.2, 0.25) is 0 Å². The number of nitrogens with zero attached hydrogens (tertiary/aromatic N) is 3. The molecule has 0 unspecified atom stereocenters. The zero-order valence-electron chi connectivity index (χ0n) is 10.4. The highest BCUT2D eigenvalue weighted by atomic mass is 79.9. The molecule has 1 saturated heterocycles. The van der Waals surface area contributed by atoms with Crippen molar-refractivity contribution in [2.45, 2.75) is 19.8 Å². The van der Waals surface area contributed by atoms with Gasteiger partial charge in [-0.15, -0.1) is 0 Å². The first-order valence-electron chi connectivity index (χ1n) is 6.39. The number of hydrogen-bond acceptors (Lipinski definition) is 3. The molecule has 3 rings (SSSR count). The normalized spacial score (nSPS) is 20.3. The molecule has 2 heterocycles. The van der Waals surface area contributed by atoms with E-state index in [1.807, 2.05) is 12.1 Å². The SMILES string of the molecule is C[C@@H]1CCCN(c2ncnc3ccc(Br)cc23)C1. The van der Waals surface area contributed by atoms with E-state index in [1.54, 1.807) is 6.33 Å². The van der Waals surface area contributed by atoms with Crippen LogP contribution < -0.4 is 4.90 Å². The highest BCUT2D eigenvalue weighted by Crippen LogP contribution is 2.29. The lowest BCUT2D eigenvalue weighted by atomic mass is 10.00. The average molecular weight is 306 g/mol. The van der Waals surface area contributed by atoms with Crippen molar-refractivity contribution in [3.63, 3.8) is 0 Å². The van der Waals surface area contributed by atoms with E-state index < -0.39 is 0 Å². The molecule has 1 aliphatic rings. The summed E-state index contributed by atoms with van der Waals surface area (Å²) in [6, 6.07) is 6.18. The Morgan fingerprint density at radius 2 is 2.22 bits per heavy atom. The first-order valence-corrected chi connectivity index (χ1v) is 7.18. The summed E-state index contributed by atoms with van der Waals surface area (Å²) in [5.74, 6) is 1.82. The minimum Gasteiger partial charge on any atom is -0.356 e. The van der Waals surface area contributed by atoms with Gasteiger partial charge in [-0.1, -0.05) is 22.9 Å². The van der Waals surface area contributed by atoms with E-state index in [9.17, 15) is 0 Å². The highest BCUT2D eigenvalue weighted by molar-refractivity contribution is 9.10. The monoisotopic (exact) mass is 305 g/mol. The van der Waals surface area contributed by atoms with Crippen LogP contribution in [-0.4, -0.2) is 23.1 Å². The van der Waals surface area contributed by atoms with E-state index in [0.29, 0.717) is 0 Å². The minimum atomic E-state index is 0.746. The quantitative estimate of drug-likeness (QED) is 0.805. The van der Waals surface area contributed by atoms with Gasteiger partial charge in [-0.2, -0.15) is 0 Å².